The quantitative estimate of drug-likeness (QED) is 0.455. The second-order valence-corrected chi connectivity index (χ2v) is 8.79. The first-order valence-corrected chi connectivity index (χ1v) is 11.4. The summed E-state index contributed by atoms with van der Waals surface area (Å²) in [7, 11) is 0. The molecule has 178 valence electrons. The van der Waals surface area contributed by atoms with Gasteiger partial charge in [-0.3, -0.25) is 14.4 Å². The number of nitrogens with zero attached hydrogens (tertiary/aromatic N) is 2. The molecule has 1 fully saturated rings. The van der Waals surface area contributed by atoms with E-state index in [0.29, 0.717) is 17.4 Å². The van der Waals surface area contributed by atoms with Crippen molar-refractivity contribution < 1.29 is 14.7 Å². The van der Waals surface area contributed by atoms with Crippen LogP contribution in [0.5, 0.6) is 0 Å². The van der Waals surface area contributed by atoms with Crippen molar-refractivity contribution in [3.8, 4) is 0 Å². The molecule has 33 heavy (non-hydrogen) atoms. The molecule has 0 unspecified atom stereocenters. The zero-order chi connectivity index (χ0) is 24.0. The molecule has 0 aromatic carbocycles. The van der Waals surface area contributed by atoms with Gasteiger partial charge >= 0.3 is 5.97 Å². The van der Waals surface area contributed by atoms with E-state index in [4.69, 9.17) is 10.8 Å². The molecule has 1 saturated carbocycles. The van der Waals surface area contributed by atoms with Crippen molar-refractivity contribution >= 4 is 23.4 Å². The van der Waals surface area contributed by atoms with E-state index in [2.05, 4.69) is 15.6 Å². The third kappa shape index (κ3) is 6.57. The number of nitrogen functional groups attached to an aromatic ring is 1. The van der Waals surface area contributed by atoms with Crippen LogP contribution in [-0.2, 0) is 29.1 Å². The molecule has 1 aliphatic carbocycles. The van der Waals surface area contributed by atoms with Gasteiger partial charge in [-0.25, -0.2) is 4.98 Å². The summed E-state index contributed by atoms with van der Waals surface area (Å²) in [5.41, 5.74) is 8.64. The number of nitrogens with two attached hydrogens (primary N) is 1. The molecular weight excluding hydrogens is 422 g/mol. The van der Waals surface area contributed by atoms with Gasteiger partial charge in [0.05, 0.1) is 0 Å². The number of pyridine rings is 2. The van der Waals surface area contributed by atoms with Crippen LogP contribution < -0.4 is 21.9 Å². The lowest BCUT2D eigenvalue weighted by atomic mass is 9.84. The molecule has 0 aliphatic heterocycles. The highest BCUT2D eigenvalue weighted by Gasteiger charge is 2.20. The number of hydrogen-bond acceptors (Lipinski definition) is 6. The highest BCUT2D eigenvalue weighted by molar-refractivity contribution is 5.76. The van der Waals surface area contributed by atoms with Gasteiger partial charge < -0.3 is 26.0 Å². The van der Waals surface area contributed by atoms with Crippen molar-refractivity contribution in [1.29, 1.82) is 0 Å². The second kappa shape index (κ2) is 11.0. The van der Waals surface area contributed by atoms with Gasteiger partial charge in [0, 0.05) is 17.9 Å². The first kappa shape index (κ1) is 24.3. The molecule has 0 radical (unpaired) electrons. The Morgan fingerprint density at radius 1 is 1.18 bits per heavy atom. The number of aryl methyl sites for hydroxylation is 2. The zero-order valence-electron chi connectivity index (χ0n) is 19.3. The number of amides is 1. The smallest absolute Gasteiger partial charge is 0.322 e. The molecule has 9 heteroatoms. The Morgan fingerprint density at radius 3 is 2.58 bits per heavy atom. The predicted octanol–water partition coefficient (Wildman–Crippen LogP) is 2.38. The lowest BCUT2D eigenvalue weighted by Gasteiger charge is -2.24. The number of nitrogens with one attached hydrogen (secondary N) is 2. The van der Waals surface area contributed by atoms with Crippen molar-refractivity contribution in [2.24, 2.45) is 5.92 Å². The zero-order valence-corrected chi connectivity index (χ0v) is 19.3. The minimum absolute atomic E-state index is 0.155. The Hall–Kier alpha value is -3.36. The Morgan fingerprint density at radius 2 is 1.91 bits per heavy atom. The molecule has 0 saturated heterocycles. The van der Waals surface area contributed by atoms with Gasteiger partial charge in [0.25, 0.3) is 5.56 Å². The minimum Gasteiger partial charge on any atom is -0.480 e. The molecule has 1 amide bonds. The fourth-order valence-corrected chi connectivity index (χ4v) is 4.44. The second-order valence-electron chi connectivity index (χ2n) is 8.79. The number of carbonyl (C=O) groups excluding carboxylic acids is 1. The number of aromatic nitrogens is 2. The van der Waals surface area contributed by atoms with Gasteiger partial charge in [-0.15, -0.1) is 0 Å². The Labute approximate surface area is 193 Å². The van der Waals surface area contributed by atoms with Gasteiger partial charge in [-0.05, 0) is 49.4 Å². The highest BCUT2D eigenvalue weighted by atomic mass is 16.4. The van der Waals surface area contributed by atoms with Crippen molar-refractivity contribution in [1.82, 2.24) is 14.9 Å². The number of aliphatic carboxylic acids is 1. The number of hydrogen-bond donors (Lipinski definition) is 4. The van der Waals surface area contributed by atoms with Gasteiger partial charge in [0.15, 0.2) is 0 Å². The summed E-state index contributed by atoms with van der Waals surface area (Å²) in [6, 6.07) is 5.39. The van der Waals surface area contributed by atoms with Gasteiger partial charge in [-0.2, -0.15) is 0 Å². The van der Waals surface area contributed by atoms with Crippen LogP contribution in [0, 0.1) is 19.8 Å². The lowest BCUT2D eigenvalue weighted by Crippen LogP contribution is -2.35. The summed E-state index contributed by atoms with van der Waals surface area (Å²) in [6.07, 6.45) is 6.56. The van der Waals surface area contributed by atoms with Crippen LogP contribution in [0.15, 0.2) is 23.0 Å². The minimum atomic E-state index is -1.05. The molecule has 9 nitrogen and oxygen atoms in total. The van der Waals surface area contributed by atoms with Gasteiger partial charge in [0.2, 0.25) is 5.91 Å². The molecule has 2 heterocycles. The average molecular weight is 456 g/mol. The fraction of sp³-hybridized carbons (Fsp3) is 0.500. The van der Waals surface area contributed by atoms with Crippen LogP contribution in [0.1, 0.15) is 54.6 Å². The molecule has 2 aromatic heterocycles. The Kier molecular flexibility index (Phi) is 8.08. The first-order chi connectivity index (χ1) is 15.7. The fourth-order valence-electron chi connectivity index (χ4n) is 4.44. The molecule has 1 aliphatic rings. The number of rotatable bonds is 9. The van der Waals surface area contributed by atoms with Crippen LogP contribution >= 0.6 is 0 Å². The summed E-state index contributed by atoms with van der Waals surface area (Å²) in [4.78, 5) is 41.2. The van der Waals surface area contributed by atoms with Gasteiger partial charge in [-0.1, -0.05) is 38.2 Å². The summed E-state index contributed by atoms with van der Waals surface area (Å²) in [5, 5.41) is 14.7. The monoisotopic (exact) mass is 455 g/mol. The summed E-state index contributed by atoms with van der Waals surface area (Å²) >= 11 is 0. The molecule has 5 N–H and O–H groups in total. The SMILES string of the molecule is Cc1nc(N)ccc1CNC(=O)Cn1c(C)cc(CC2CCCCC2)c(NCC(=O)O)c1=O. The number of anilines is 2. The maximum Gasteiger partial charge on any atom is 0.322 e. The molecule has 0 bridgehead atoms. The third-order valence-electron chi connectivity index (χ3n) is 6.23. The maximum absolute atomic E-state index is 13.3. The number of carbonyl (C=O) groups is 2. The lowest BCUT2D eigenvalue weighted by molar-refractivity contribution is -0.135. The van der Waals surface area contributed by atoms with Crippen molar-refractivity contribution in [3.05, 3.63) is 51.1 Å². The number of carboxylic acids is 1. The molecule has 3 rings (SSSR count). The molecule has 0 spiro atoms. The molecule has 0 atom stereocenters. The van der Waals surface area contributed by atoms with Gasteiger partial charge in [0.1, 0.15) is 24.6 Å². The van der Waals surface area contributed by atoms with E-state index in [-0.39, 0.29) is 36.8 Å². The summed E-state index contributed by atoms with van der Waals surface area (Å²) < 4.78 is 1.39. The van der Waals surface area contributed by atoms with E-state index in [1.54, 1.807) is 13.0 Å². The Balaban J connectivity index is 1.78. The van der Waals surface area contributed by atoms with E-state index in [1.807, 2.05) is 19.1 Å². The molecular formula is C24H33N5O4. The average Bonchev–Trinajstić information content (AvgIpc) is 2.76. The van der Waals surface area contributed by atoms with Crippen molar-refractivity contribution in [3.63, 3.8) is 0 Å². The van der Waals surface area contributed by atoms with Crippen LogP contribution in [0.2, 0.25) is 0 Å². The van der Waals surface area contributed by atoms with Crippen molar-refractivity contribution in [2.45, 2.75) is 65.5 Å². The largest absolute Gasteiger partial charge is 0.480 e. The van der Waals surface area contributed by atoms with Crippen LogP contribution in [-0.4, -0.2) is 33.1 Å². The summed E-state index contributed by atoms with van der Waals surface area (Å²) in [5.74, 6) is -0.464. The topological polar surface area (TPSA) is 139 Å². The highest BCUT2D eigenvalue weighted by Crippen LogP contribution is 2.28. The third-order valence-corrected chi connectivity index (χ3v) is 6.23. The van der Waals surface area contributed by atoms with Crippen molar-refractivity contribution in [2.75, 3.05) is 17.6 Å². The van der Waals surface area contributed by atoms with Crippen LogP contribution in [0.4, 0.5) is 11.5 Å². The standard InChI is InChI=1S/C24H33N5O4/c1-15-10-19(11-17-6-4-3-5-7-17)23(27-13-22(31)32)24(33)29(15)14-21(30)26-12-18-8-9-20(25)28-16(18)2/h8-10,17,27H,3-7,11-14H2,1-2H3,(H2,25,28)(H,26,30)(H,31,32). The maximum atomic E-state index is 13.3. The van der Waals surface area contributed by atoms with Crippen LogP contribution in [0.25, 0.3) is 0 Å². The van der Waals surface area contributed by atoms with Crippen LogP contribution in [0.3, 0.4) is 0 Å². The molecule has 2 aromatic rings. The van der Waals surface area contributed by atoms with E-state index >= 15 is 0 Å². The normalized spacial score (nSPS) is 14.1. The van der Waals surface area contributed by atoms with E-state index in [1.165, 1.54) is 23.8 Å². The summed E-state index contributed by atoms with van der Waals surface area (Å²) in [6.45, 7) is 3.38. The first-order valence-electron chi connectivity index (χ1n) is 11.4. The number of carboxylic acid groups (broad SMARTS) is 1. The Bertz CT molecular complexity index is 1070. The van der Waals surface area contributed by atoms with E-state index < -0.39 is 5.97 Å². The van der Waals surface area contributed by atoms with E-state index in [9.17, 15) is 14.4 Å². The van der Waals surface area contributed by atoms with E-state index in [0.717, 1.165) is 36.1 Å². The predicted molar refractivity (Wildman–Crippen MR) is 127 cm³/mol.